The van der Waals surface area contributed by atoms with Gasteiger partial charge in [0.05, 0.1) is 0 Å². The largest absolute Gasteiger partial charge is 0.378 e. The van der Waals surface area contributed by atoms with Crippen LogP contribution in [0.1, 0.15) is 5.56 Å². The van der Waals surface area contributed by atoms with Gasteiger partial charge in [0.15, 0.2) is 0 Å². The predicted molar refractivity (Wildman–Crippen MR) is 110 cm³/mol. The molecule has 3 rings (SSSR count). The highest BCUT2D eigenvalue weighted by Gasteiger charge is 2.23. The van der Waals surface area contributed by atoms with Crippen LogP contribution in [-0.2, 0) is 4.79 Å². The van der Waals surface area contributed by atoms with Gasteiger partial charge in [0, 0.05) is 51.6 Å². The molecule has 0 bridgehead atoms. The number of piperazine rings is 1. The van der Waals surface area contributed by atoms with Gasteiger partial charge in [-0.25, -0.2) is 0 Å². The van der Waals surface area contributed by atoms with Crippen molar-refractivity contribution >= 4 is 23.4 Å². The minimum Gasteiger partial charge on any atom is -0.378 e. The zero-order valence-corrected chi connectivity index (χ0v) is 15.8. The highest BCUT2D eigenvalue weighted by molar-refractivity contribution is 6.01. The fourth-order valence-corrected chi connectivity index (χ4v) is 3.15. The molecule has 1 amide bonds. The molecule has 2 aromatic carbocycles. The summed E-state index contributed by atoms with van der Waals surface area (Å²) >= 11 is 0. The third-order valence-corrected chi connectivity index (χ3v) is 4.76. The molecule has 1 fully saturated rings. The number of para-hydroxylation sites is 1. The van der Waals surface area contributed by atoms with E-state index in [1.165, 1.54) is 5.69 Å². The van der Waals surface area contributed by atoms with E-state index in [9.17, 15) is 10.1 Å². The Kier molecular flexibility index (Phi) is 5.77. The van der Waals surface area contributed by atoms with E-state index >= 15 is 0 Å². The SMILES string of the molecule is CN(C)c1ccc(/C=C(/C#N)C(=O)N2CCN(c3ccccc3)CC2)cc1. The van der Waals surface area contributed by atoms with Crippen LogP contribution in [0.5, 0.6) is 0 Å². The molecule has 0 aliphatic carbocycles. The van der Waals surface area contributed by atoms with E-state index in [1.54, 1.807) is 11.0 Å². The number of amides is 1. The summed E-state index contributed by atoms with van der Waals surface area (Å²) in [4.78, 5) is 18.8. The van der Waals surface area contributed by atoms with Crippen LogP contribution in [0, 0.1) is 11.3 Å². The zero-order valence-electron chi connectivity index (χ0n) is 15.8. The van der Waals surface area contributed by atoms with Gasteiger partial charge < -0.3 is 14.7 Å². The van der Waals surface area contributed by atoms with Gasteiger partial charge in [0.25, 0.3) is 5.91 Å². The van der Waals surface area contributed by atoms with Crippen molar-refractivity contribution in [2.45, 2.75) is 0 Å². The summed E-state index contributed by atoms with van der Waals surface area (Å²) in [7, 11) is 3.95. The van der Waals surface area contributed by atoms with Gasteiger partial charge in [-0.15, -0.1) is 0 Å². The normalized spacial score (nSPS) is 14.6. The monoisotopic (exact) mass is 360 g/mol. The van der Waals surface area contributed by atoms with Gasteiger partial charge in [-0.3, -0.25) is 4.79 Å². The quantitative estimate of drug-likeness (QED) is 0.621. The van der Waals surface area contributed by atoms with E-state index in [1.807, 2.05) is 61.5 Å². The smallest absolute Gasteiger partial charge is 0.264 e. The highest BCUT2D eigenvalue weighted by atomic mass is 16.2. The molecule has 138 valence electrons. The summed E-state index contributed by atoms with van der Waals surface area (Å²) in [5.41, 5.74) is 3.28. The molecule has 1 heterocycles. The lowest BCUT2D eigenvalue weighted by molar-refractivity contribution is -0.126. The van der Waals surface area contributed by atoms with E-state index < -0.39 is 0 Å². The minimum absolute atomic E-state index is 0.181. The molecular formula is C22H24N4O. The van der Waals surface area contributed by atoms with Crippen LogP contribution >= 0.6 is 0 Å². The molecule has 5 nitrogen and oxygen atoms in total. The second-order valence-electron chi connectivity index (χ2n) is 6.77. The Morgan fingerprint density at radius 1 is 1.00 bits per heavy atom. The van der Waals surface area contributed by atoms with Gasteiger partial charge in [0.1, 0.15) is 11.6 Å². The first-order chi connectivity index (χ1) is 13.1. The molecule has 5 heteroatoms. The number of rotatable bonds is 4. The Morgan fingerprint density at radius 2 is 1.63 bits per heavy atom. The van der Waals surface area contributed by atoms with Gasteiger partial charge in [0.2, 0.25) is 0 Å². The molecule has 0 unspecified atom stereocenters. The Hall–Kier alpha value is -3.26. The zero-order chi connectivity index (χ0) is 19.2. The number of nitrogens with zero attached hydrogens (tertiary/aromatic N) is 4. The lowest BCUT2D eigenvalue weighted by atomic mass is 10.1. The molecule has 2 aromatic rings. The molecule has 27 heavy (non-hydrogen) atoms. The minimum atomic E-state index is -0.193. The van der Waals surface area contributed by atoms with Gasteiger partial charge in [-0.05, 0) is 35.9 Å². The van der Waals surface area contributed by atoms with Crippen LogP contribution < -0.4 is 9.80 Å². The maximum absolute atomic E-state index is 12.8. The van der Waals surface area contributed by atoms with Crippen molar-refractivity contribution in [3.8, 4) is 6.07 Å². The van der Waals surface area contributed by atoms with Crippen LogP contribution in [0.2, 0.25) is 0 Å². The molecule has 0 saturated carbocycles. The molecule has 1 saturated heterocycles. The van der Waals surface area contributed by atoms with E-state index in [0.29, 0.717) is 13.1 Å². The average Bonchev–Trinajstić information content (AvgIpc) is 2.72. The van der Waals surface area contributed by atoms with Crippen LogP contribution in [-0.4, -0.2) is 51.1 Å². The van der Waals surface area contributed by atoms with Crippen molar-refractivity contribution in [3.05, 3.63) is 65.7 Å². The Morgan fingerprint density at radius 3 is 2.19 bits per heavy atom. The number of carbonyl (C=O) groups is 1. The van der Waals surface area contributed by atoms with Crippen molar-refractivity contribution in [3.63, 3.8) is 0 Å². The second-order valence-corrected chi connectivity index (χ2v) is 6.77. The molecule has 0 spiro atoms. The fraction of sp³-hybridized carbons (Fsp3) is 0.273. The van der Waals surface area contributed by atoms with Gasteiger partial charge in [-0.1, -0.05) is 30.3 Å². The van der Waals surface area contributed by atoms with E-state index in [0.717, 1.165) is 24.3 Å². The summed E-state index contributed by atoms with van der Waals surface area (Å²) in [5, 5.41) is 9.48. The summed E-state index contributed by atoms with van der Waals surface area (Å²) in [5.74, 6) is -0.193. The summed E-state index contributed by atoms with van der Waals surface area (Å²) in [6.07, 6.45) is 1.67. The molecule has 0 atom stereocenters. The third kappa shape index (κ3) is 4.48. The third-order valence-electron chi connectivity index (χ3n) is 4.76. The lowest BCUT2D eigenvalue weighted by Gasteiger charge is -2.36. The highest BCUT2D eigenvalue weighted by Crippen LogP contribution is 2.18. The number of hydrogen-bond acceptors (Lipinski definition) is 4. The van der Waals surface area contributed by atoms with Crippen LogP contribution in [0.3, 0.4) is 0 Å². The van der Waals surface area contributed by atoms with E-state index in [2.05, 4.69) is 23.1 Å². The van der Waals surface area contributed by atoms with Crippen molar-refractivity contribution in [1.82, 2.24) is 4.90 Å². The summed E-state index contributed by atoms with van der Waals surface area (Å²) in [6, 6.07) is 20.1. The van der Waals surface area contributed by atoms with Crippen LogP contribution in [0.15, 0.2) is 60.2 Å². The number of hydrogen-bond donors (Lipinski definition) is 0. The molecule has 1 aliphatic rings. The second kappa shape index (κ2) is 8.41. The standard InChI is InChI=1S/C22H24N4O/c1-24(2)20-10-8-18(9-11-20)16-19(17-23)22(27)26-14-12-25(13-15-26)21-6-4-3-5-7-21/h3-11,16H,12-15H2,1-2H3/b19-16-. The lowest BCUT2D eigenvalue weighted by Crippen LogP contribution is -2.49. The van der Waals surface area contributed by atoms with Crippen molar-refractivity contribution in [1.29, 1.82) is 5.26 Å². The molecule has 1 aliphatic heterocycles. The summed E-state index contributed by atoms with van der Waals surface area (Å²) in [6.45, 7) is 2.77. The van der Waals surface area contributed by atoms with Crippen LogP contribution in [0.25, 0.3) is 6.08 Å². The average molecular weight is 360 g/mol. The summed E-state index contributed by atoms with van der Waals surface area (Å²) < 4.78 is 0. The first-order valence-corrected chi connectivity index (χ1v) is 9.07. The Balaban J connectivity index is 1.66. The molecular weight excluding hydrogens is 336 g/mol. The van der Waals surface area contributed by atoms with Crippen molar-refractivity contribution < 1.29 is 4.79 Å². The van der Waals surface area contributed by atoms with Gasteiger partial charge in [-0.2, -0.15) is 5.26 Å². The fourth-order valence-electron chi connectivity index (χ4n) is 3.15. The number of nitriles is 1. The van der Waals surface area contributed by atoms with Gasteiger partial charge >= 0.3 is 0 Å². The maximum atomic E-state index is 12.8. The van der Waals surface area contributed by atoms with E-state index in [-0.39, 0.29) is 11.5 Å². The first kappa shape index (κ1) is 18.5. The number of anilines is 2. The number of carbonyl (C=O) groups excluding carboxylic acids is 1. The predicted octanol–water partition coefficient (Wildman–Crippen LogP) is 3.01. The van der Waals surface area contributed by atoms with Crippen molar-refractivity contribution in [2.24, 2.45) is 0 Å². The topological polar surface area (TPSA) is 50.6 Å². The first-order valence-electron chi connectivity index (χ1n) is 9.07. The van der Waals surface area contributed by atoms with E-state index in [4.69, 9.17) is 0 Å². The molecule has 0 aromatic heterocycles. The molecule has 0 radical (unpaired) electrons. The Bertz CT molecular complexity index is 842. The Labute approximate surface area is 160 Å². The molecule has 0 N–H and O–H groups in total. The number of benzene rings is 2. The van der Waals surface area contributed by atoms with Crippen molar-refractivity contribution in [2.75, 3.05) is 50.1 Å². The maximum Gasteiger partial charge on any atom is 0.264 e. The van der Waals surface area contributed by atoms with Crippen LogP contribution in [0.4, 0.5) is 11.4 Å².